The number of rotatable bonds is 8. The van der Waals surface area contributed by atoms with E-state index in [1.165, 1.54) is 0 Å². The summed E-state index contributed by atoms with van der Waals surface area (Å²) < 4.78 is 17.7. The number of nitrogens with zero attached hydrogens (tertiary/aromatic N) is 4. The number of hydrogen-bond acceptors (Lipinski definition) is 7. The van der Waals surface area contributed by atoms with E-state index in [0.29, 0.717) is 38.0 Å². The maximum absolute atomic E-state index is 13.3. The average Bonchev–Trinajstić information content (AvgIpc) is 3.95. The molecular formula is C43H52N6O5. The highest BCUT2D eigenvalue weighted by atomic mass is 16.6. The standard InChI is InChI=1S/C43H52N6O5/c1-8-24(2)14-38(50)48-20-25(3)13-35(48)40-44-19-34(46-40)28-9-11-30-29(16-28)23-53-37-18-31-27(17-32(30)37)10-12-33-39(31)47-41(45-33)36-15-26(22-52-7)21-49(36)42(51)54-43(4,5)6/h9-12,16-19,24-26,35-36H,8,13-15,20-23H2,1-7H3,(H,44,46)(H,45,47)/t24?,25-,26-,35-,36-/m0/s1. The molecule has 0 radical (unpaired) electrons. The third kappa shape index (κ3) is 6.83. The molecule has 0 aliphatic carbocycles. The van der Waals surface area contributed by atoms with Gasteiger partial charge in [0.1, 0.15) is 29.6 Å². The summed E-state index contributed by atoms with van der Waals surface area (Å²) >= 11 is 0. The van der Waals surface area contributed by atoms with Crippen molar-refractivity contribution in [3.63, 3.8) is 0 Å². The fraction of sp³-hybridized carbons (Fsp3) is 0.488. The Balaban J connectivity index is 1.06. The molecule has 11 heteroatoms. The first-order valence-electron chi connectivity index (χ1n) is 19.4. The molecule has 2 saturated heterocycles. The Morgan fingerprint density at radius 2 is 1.81 bits per heavy atom. The number of fused-ring (bicyclic) bond motifs is 6. The predicted molar refractivity (Wildman–Crippen MR) is 209 cm³/mol. The van der Waals surface area contributed by atoms with Gasteiger partial charge < -0.3 is 29.1 Å². The summed E-state index contributed by atoms with van der Waals surface area (Å²) in [6.45, 7) is 14.5. The summed E-state index contributed by atoms with van der Waals surface area (Å²) in [5, 5.41) is 2.09. The van der Waals surface area contributed by atoms with Crippen LogP contribution in [0.4, 0.5) is 4.79 Å². The molecule has 2 N–H and O–H groups in total. The van der Waals surface area contributed by atoms with Gasteiger partial charge in [-0.05, 0) is 91.8 Å². The summed E-state index contributed by atoms with van der Waals surface area (Å²) in [5.74, 6) is 3.63. The van der Waals surface area contributed by atoms with Crippen molar-refractivity contribution in [3.05, 3.63) is 65.9 Å². The van der Waals surface area contributed by atoms with Gasteiger partial charge in [0, 0.05) is 43.5 Å². The van der Waals surface area contributed by atoms with Crippen molar-refractivity contribution >= 4 is 33.8 Å². The van der Waals surface area contributed by atoms with Gasteiger partial charge in [-0.15, -0.1) is 0 Å². The summed E-state index contributed by atoms with van der Waals surface area (Å²) in [5.41, 5.74) is 6.42. The van der Waals surface area contributed by atoms with Gasteiger partial charge in [0.2, 0.25) is 5.91 Å². The number of benzene rings is 3. The monoisotopic (exact) mass is 732 g/mol. The molecule has 284 valence electrons. The fourth-order valence-corrected chi connectivity index (χ4v) is 8.49. The smallest absolute Gasteiger partial charge is 0.410 e. The zero-order valence-corrected chi connectivity index (χ0v) is 32.5. The molecule has 3 aliphatic rings. The molecule has 54 heavy (non-hydrogen) atoms. The van der Waals surface area contributed by atoms with E-state index in [9.17, 15) is 9.59 Å². The van der Waals surface area contributed by atoms with Gasteiger partial charge in [0.25, 0.3) is 0 Å². The van der Waals surface area contributed by atoms with Gasteiger partial charge in [-0.25, -0.2) is 14.8 Å². The number of likely N-dealkylation sites (tertiary alicyclic amines) is 2. The van der Waals surface area contributed by atoms with Gasteiger partial charge in [-0.3, -0.25) is 9.69 Å². The number of amides is 2. The maximum Gasteiger partial charge on any atom is 0.410 e. The molecule has 8 rings (SSSR count). The Morgan fingerprint density at radius 1 is 1.00 bits per heavy atom. The highest BCUT2D eigenvalue weighted by molar-refractivity contribution is 6.07. The second kappa shape index (κ2) is 14.1. The van der Waals surface area contributed by atoms with E-state index in [1.807, 2.05) is 37.9 Å². The van der Waals surface area contributed by atoms with Crippen LogP contribution in [-0.4, -0.2) is 74.1 Å². The van der Waals surface area contributed by atoms with Gasteiger partial charge in [-0.1, -0.05) is 45.4 Å². The molecule has 5 heterocycles. The molecule has 5 aromatic rings. The highest BCUT2D eigenvalue weighted by Crippen LogP contribution is 2.44. The van der Waals surface area contributed by atoms with E-state index in [2.05, 4.69) is 67.1 Å². The molecule has 3 aliphatic heterocycles. The first-order valence-corrected chi connectivity index (χ1v) is 19.4. The quantitative estimate of drug-likeness (QED) is 0.163. The fourth-order valence-electron chi connectivity index (χ4n) is 8.49. The second-order valence-electron chi connectivity index (χ2n) is 16.8. The topological polar surface area (TPSA) is 126 Å². The number of aromatic nitrogens is 4. The van der Waals surface area contributed by atoms with E-state index in [-0.39, 0.29) is 30.0 Å². The molecule has 0 spiro atoms. The number of aromatic amines is 2. The van der Waals surface area contributed by atoms with Crippen LogP contribution in [0, 0.1) is 17.8 Å². The number of carbonyl (C=O) groups excluding carboxylic acids is 2. The molecule has 1 unspecified atom stereocenters. The van der Waals surface area contributed by atoms with Crippen molar-refractivity contribution in [1.82, 2.24) is 29.7 Å². The predicted octanol–water partition coefficient (Wildman–Crippen LogP) is 8.96. The molecule has 0 saturated carbocycles. The molecule has 2 fully saturated rings. The lowest BCUT2D eigenvalue weighted by Crippen LogP contribution is -2.37. The normalized spacial score (nSPS) is 21.7. The van der Waals surface area contributed by atoms with E-state index in [4.69, 9.17) is 24.2 Å². The minimum Gasteiger partial charge on any atom is -0.488 e. The van der Waals surface area contributed by atoms with Crippen LogP contribution in [0.25, 0.3) is 44.2 Å². The van der Waals surface area contributed by atoms with E-state index >= 15 is 0 Å². The minimum atomic E-state index is -0.599. The van der Waals surface area contributed by atoms with Crippen molar-refractivity contribution in [2.24, 2.45) is 17.8 Å². The highest BCUT2D eigenvalue weighted by Gasteiger charge is 2.40. The van der Waals surface area contributed by atoms with E-state index < -0.39 is 5.60 Å². The number of imidazole rings is 2. The molecule has 5 atom stereocenters. The molecular weight excluding hydrogens is 681 g/mol. The van der Waals surface area contributed by atoms with Gasteiger partial charge in [0.05, 0.1) is 41.6 Å². The average molecular weight is 733 g/mol. The van der Waals surface area contributed by atoms with Crippen LogP contribution in [0.1, 0.15) is 96.5 Å². The largest absolute Gasteiger partial charge is 0.488 e. The van der Waals surface area contributed by atoms with Crippen LogP contribution in [0.2, 0.25) is 0 Å². The summed E-state index contributed by atoms with van der Waals surface area (Å²) in [7, 11) is 1.69. The summed E-state index contributed by atoms with van der Waals surface area (Å²) in [4.78, 5) is 47.3. The molecule has 2 amide bonds. The van der Waals surface area contributed by atoms with Crippen LogP contribution < -0.4 is 4.74 Å². The number of methoxy groups -OCH3 is 1. The van der Waals surface area contributed by atoms with E-state index in [0.717, 1.165) is 93.0 Å². The SMILES string of the molecule is CCC(C)CC(=O)N1C[C@@H](C)C[C@H]1c1ncc(-c2ccc3c(c2)COc2cc4c(ccc5nc([C@@H]6C[C@H](COC)CN6C(=O)OC(C)(C)C)[nH]c54)cc2-3)[nH]1. The number of nitrogens with one attached hydrogen (secondary N) is 2. The molecule has 11 nitrogen and oxygen atoms in total. The third-order valence-electron chi connectivity index (χ3n) is 11.4. The lowest BCUT2D eigenvalue weighted by molar-refractivity contribution is -0.133. The first-order chi connectivity index (χ1) is 25.9. The number of carbonyl (C=O) groups is 2. The zero-order chi connectivity index (χ0) is 37.9. The maximum atomic E-state index is 13.3. The van der Waals surface area contributed by atoms with E-state index in [1.54, 1.807) is 12.0 Å². The van der Waals surface area contributed by atoms with Crippen LogP contribution >= 0.6 is 0 Å². The Morgan fingerprint density at radius 3 is 2.59 bits per heavy atom. The van der Waals surface area contributed by atoms with Gasteiger partial charge in [-0.2, -0.15) is 0 Å². The van der Waals surface area contributed by atoms with Crippen LogP contribution in [0.5, 0.6) is 5.75 Å². The van der Waals surface area contributed by atoms with Crippen molar-refractivity contribution in [3.8, 4) is 28.1 Å². The Labute approximate surface area is 316 Å². The van der Waals surface area contributed by atoms with Crippen LogP contribution in [-0.2, 0) is 20.9 Å². The third-order valence-corrected chi connectivity index (χ3v) is 11.4. The Hall–Kier alpha value is -4.90. The van der Waals surface area contributed by atoms with Crippen molar-refractivity contribution in [1.29, 1.82) is 0 Å². The lowest BCUT2D eigenvalue weighted by Gasteiger charge is -2.27. The van der Waals surface area contributed by atoms with Crippen molar-refractivity contribution < 1.29 is 23.8 Å². The Kier molecular flexibility index (Phi) is 9.40. The van der Waals surface area contributed by atoms with Gasteiger partial charge >= 0.3 is 6.09 Å². The number of ether oxygens (including phenoxy) is 3. The van der Waals surface area contributed by atoms with Gasteiger partial charge in [0.15, 0.2) is 0 Å². The molecule has 3 aromatic carbocycles. The molecule has 0 bridgehead atoms. The Bertz CT molecular complexity index is 2220. The molecule has 2 aromatic heterocycles. The van der Waals surface area contributed by atoms with Crippen LogP contribution in [0.3, 0.4) is 0 Å². The number of hydrogen-bond donors (Lipinski definition) is 2. The van der Waals surface area contributed by atoms with Crippen molar-refractivity contribution in [2.75, 3.05) is 26.8 Å². The summed E-state index contributed by atoms with van der Waals surface area (Å²) in [6, 6.07) is 14.7. The zero-order valence-electron chi connectivity index (χ0n) is 32.5. The second-order valence-corrected chi connectivity index (χ2v) is 16.8. The number of H-pyrrole nitrogens is 2. The van der Waals surface area contributed by atoms with Crippen molar-refractivity contribution in [2.45, 2.75) is 91.5 Å². The van der Waals surface area contributed by atoms with Crippen LogP contribution in [0.15, 0.2) is 48.7 Å². The summed E-state index contributed by atoms with van der Waals surface area (Å²) in [6.07, 6.45) is 4.77. The minimum absolute atomic E-state index is 0.0292. The lowest BCUT2D eigenvalue weighted by atomic mass is 9.92. The first kappa shape index (κ1) is 36.1.